The summed E-state index contributed by atoms with van der Waals surface area (Å²) in [5, 5.41) is 8.58. The lowest BCUT2D eigenvalue weighted by Gasteiger charge is -2.25. The number of carboxylic acid groups (broad SMARTS) is 1. The standard InChI is InChI=1S/C11H9F5N2O3/c1-18(5-10(12,13)11(14,15)16)8(19)6-2-3-7(9(20)21)17-4-6/h2-4H,5H2,1H3,(H,20,21). The minimum Gasteiger partial charge on any atom is -0.477 e. The van der Waals surface area contributed by atoms with Gasteiger partial charge in [-0.2, -0.15) is 22.0 Å². The highest BCUT2D eigenvalue weighted by molar-refractivity contribution is 5.94. The van der Waals surface area contributed by atoms with Gasteiger partial charge in [-0.15, -0.1) is 0 Å². The zero-order valence-corrected chi connectivity index (χ0v) is 10.5. The summed E-state index contributed by atoms with van der Waals surface area (Å²) in [4.78, 5) is 25.8. The third-order valence-electron chi connectivity index (χ3n) is 2.43. The molecule has 0 spiro atoms. The molecule has 116 valence electrons. The summed E-state index contributed by atoms with van der Waals surface area (Å²) in [6.45, 7) is -1.85. The van der Waals surface area contributed by atoms with Gasteiger partial charge >= 0.3 is 18.1 Å². The Labute approximate surface area is 115 Å². The monoisotopic (exact) mass is 312 g/mol. The van der Waals surface area contributed by atoms with Crippen LogP contribution >= 0.6 is 0 Å². The molecule has 0 fully saturated rings. The number of carboxylic acids is 1. The van der Waals surface area contributed by atoms with Gasteiger partial charge in [-0.25, -0.2) is 9.78 Å². The number of carbonyl (C=O) groups excluding carboxylic acids is 1. The number of halogens is 5. The van der Waals surface area contributed by atoms with Crippen molar-refractivity contribution in [1.29, 1.82) is 0 Å². The maximum absolute atomic E-state index is 12.8. The normalized spacial score (nSPS) is 12.1. The molecule has 1 heterocycles. The predicted octanol–water partition coefficient (Wildman–Crippen LogP) is 2.05. The first-order valence-electron chi connectivity index (χ1n) is 5.35. The first kappa shape index (κ1) is 16.8. The largest absolute Gasteiger partial charge is 0.477 e. The van der Waals surface area contributed by atoms with Gasteiger partial charge in [0, 0.05) is 13.2 Å². The third-order valence-corrected chi connectivity index (χ3v) is 2.43. The summed E-state index contributed by atoms with van der Waals surface area (Å²) < 4.78 is 61.7. The van der Waals surface area contributed by atoms with Crippen LogP contribution in [0.25, 0.3) is 0 Å². The van der Waals surface area contributed by atoms with Gasteiger partial charge in [-0.1, -0.05) is 0 Å². The summed E-state index contributed by atoms with van der Waals surface area (Å²) in [5.74, 6) is -7.56. The third kappa shape index (κ3) is 3.86. The Kier molecular flexibility index (Phi) is 4.49. The lowest BCUT2D eigenvalue weighted by atomic mass is 10.2. The zero-order valence-electron chi connectivity index (χ0n) is 10.5. The van der Waals surface area contributed by atoms with Crippen LogP contribution in [0.5, 0.6) is 0 Å². The van der Waals surface area contributed by atoms with Crippen molar-refractivity contribution in [3.63, 3.8) is 0 Å². The topological polar surface area (TPSA) is 70.5 Å². The van der Waals surface area contributed by atoms with E-state index in [1.54, 1.807) is 0 Å². The number of aromatic nitrogens is 1. The molecule has 1 aromatic heterocycles. The number of hydrogen-bond donors (Lipinski definition) is 1. The Morgan fingerprint density at radius 2 is 1.81 bits per heavy atom. The van der Waals surface area contributed by atoms with Crippen molar-refractivity contribution in [2.75, 3.05) is 13.6 Å². The lowest BCUT2D eigenvalue weighted by Crippen LogP contribution is -2.47. The van der Waals surface area contributed by atoms with E-state index in [9.17, 15) is 31.5 Å². The average molecular weight is 312 g/mol. The smallest absolute Gasteiger partial charge is 0.455 e. The van der Waals surface area contributed by atoms with Crippen molar-refractivity contribution in [2.45, 2.75) is 12.1 Å². The Hall–Kier alpha value is -2.26. The van der Waals surface area contributed by atoms with Gasteiger partial charge in [-0.3, -0.25) is 4.79 Å². The molecule has 0 aliphatic heterocycles. The summed E-state index contributed by atoms with van der Waals surface area (Å²) in [6, 6.07) is 1.91. The van der Waals surface area contributed by atoms with Crippen LogP contribution in [0, 0.1) is 0 Å². The fourth-order valence-corrected chi connectivity index (χ4v) is 1.33. The minimum absolute atomic E-state index is 0.185. The van der Waals surface area contributed by atoms with Crippen LogP contribution in [0.1, 0.15) is 20.8 Å². The van der Waals surface area contributed by atoms with Gasteiger partial charge in [0.05, 0.1) is 12.1 Å². The Bertz CT molecular complexity index is 542. The molecule has 0 unspecified atom stereocenters. The van der Waals surface area contributed by atoms with Crippen molar-refractivity contribution in [1.82, 2.24) is 9.88 Å². The molecule has 0 radical (unpaired) electrons. The van der Waals surface area contributed by atoms with E-state index in [1.807, 2.05) is 0 Å². The maximum Gasteiger partial charge on any atom is 0.455 e. The highest BCUT2D eigenvalue weighted by Gasteiger charge is 2.58. The van der Waals surface area contributed by atoms with Gasteiger partial charge < -0.3 is 10.0 Å². The molecule has 1 rings (SSSR count). The van der Waals surface area contributed by atoms with Crippen LogP contribution in [0.15, 0.2) is 18.3 Å². The average Bonchev–Trinajstić information content (AvgIpc) is 2.36. The number of alkyl halides is 5. The van der Waals surface area contributed by atoms with Gasteiger partial charge in [0.25, 0.3) is 5.91 Å². The summed E-state index contributed by atoms with van der Waals surface area (Å²) in [7, 11) is 0.771. The first-order chi connectivity index (χ1) is 9.45. The van der Waals surface area contributed by atoms with Crippen LogP contribution in [0.3, 0.4) is 0 Å². The number of hydrogen-bond acceptors (Lipinski definition) is 3. The molecule has 5 nitrogen and oxygen atoms in total. The second kappa shape index (κ2) is 5.62. The highest BCUT2D eigenvalue weighted by Crippen LogP contribution is 2.35. The van der Waals surface area contributed by atoms with E-state index in [1.165, 1.54) is 0 Å². The molecule has 10 heteroatoms. The van der Waals surface area contributed by atoms with Crippen LogP contribution < -0.4 is 0 Å². The molecule has 0 aliphatic rings. The quantitative estimate of drug-likeness (QED) is 0.864. The summed E-state index contributed by atoms with van der Waals surface area (Å²) in [6.07, 6.45) is -4.99. The van der Waals surface area contributed by atoms with Gasteiger partial charge in [0.2, 0.25) is 0 Å². The van der Waals surface area contributed by atoms with Gasteiger partial charge in [0.15, 0.2) is 0 Å². The Balaban J connectivity index is 2.86. The fourth-order valence-electron chi connectivity index (χ4n) is 1.33. The van der Waals surface area contributed by atoms with Crippen LogP contribution in [0.4, 0.5) is 22.0 Å². The molecule has 0 bridgehead atoms. The van der Waals surface area contributed by atoms with E-state index in [0.717, 1.165) is 25.4 Å². The fraction of sp³-hybridized carbons (Fsp3) is 0.364. The predicted molar refractivity (Wildman–Crippen MR) is 59.2 cm³/mol. The maximum atomic E-state index is 12.8. The van der Waals surface area contributed by atoms with Crippen molar-refractivity contribution >= 4 is 11.9 Å². The number of aromatic carboxylic acids is 1. The molecule has 21 heavy (non-hydrogen) atoms. The van der Waals surface area contributed by atoms with E-state index in [4.69, 9.17) is 5.11 Å². The Morgan fingerprint density at radius 1 is 1.24 bits per heavy atom. The molecule has 0 aliphatic carbocycles. The molecule has 1 amide bonds. The Morgan fingerprint density at radius 3 is 2.19 bits per heavy atom. The van der Waals surface area contributed by atoms with Crippen LogP contribution in [0.2, 0.25) is 0 Å². The van der Waals surface area contributed by atoms with Crippen LogP contribution in [-0.2, 0) is 0 Å². The van der Waals surface area contributed by atoms with Gasteiger partial charge in [-0.05, 0) is 12.1 Å². The summed E-state index contributed by atoms with van der Waals surface area (Å²) >= 11 is 0. The molecule has 0 aromatic carbocycles. The molecule has 0 atom stereocenters. The molecular formula is C11H9F5N2O3. The second-order valence-electron chi connectivity index (χ2n) is 4.10. The number of rotatable bonds is 4. The number of carbonyl (C=O) groups is 2. The molecule has 1 N–H and O–H groups in total. The molecule has 1 aromatic rings. The zero-order chi connectivity index (χ0) is 16.4. The van der Waals surface area contributed by atoms with E-state index >= 15 is 0 Å². The highest BCUT2D eigenvalue weighted by atomic mass is 19.4. The van der Waals surface area contributed by atoms with E-state index in [-0.39, 0.29) is 10.5 Å². The molecular weight excluding hydrogens is 303 g/mol. The minimum atomic E-state index is -5.77. The van der Waals surface area contributed by atoms with Gasteiger partial charge in [0.1, 0.15) is 5.69 Å². The van der Waals surface area contributed by atoms with Crippen molar-refractivity contribution < 1.29 is 36.6 Å². The van der Waals surface area contributed by atoms with Crippen molar-refractivity contribution in [3.8, 4) is 0 Å². The molecule has 0 saturated heterocycles. The van der Waals surface area contributed by atoms with E-state index < -0.39 is 36.2 Å². The van der Waals surface area contributed by atoms with E-state index in [0.29, 0.717) is 0 Å². The SMILES string of the molecule is CN(CC(F)(F)C(F)(F)F)C(=O)c1ccc(C(=O)O)nc1. The summed E-state index contributed by atoms with van der Waals surface area (Å²) in [5.41, 5.74) is -0.699. The molecule has 0 saturated carbocycles. The van der Waals surface area contributed by atoms with E-state index in [2.05, 4.69) is 4.98 Å². The number of pyridine rings is 1. The van der Waals surface area contributed by atoms with Crippen molar-refractivity contribution in [3.05, 3.63) is 29.6 Å². The number of nitrogens with zero attached hydrogens (tertiary/aromatic N) is 2. The number of amides is 1. The first-order valence-corrected chi connectivity index (χ1v) is 5.35. The lowest BCUT2D eigenvalue weighted by molar-refractivity contribution is -0.283. The van der Waals surface area contributed by atoms with Crippen LogP contribution in [-0.4, -0.2) is 52.6 Å². The van der Waals surface area contributed by atoms with Crippen molar-refractivity contribution in [2.24, 2.45) is 0 Å². The second-order valence-corrected chi connectivity index (χ2v) is 4.10.